The van der Waals surface area contributed by atoms with Gasteiger partial charge in [-0.3, -0.25) is 0 Å². The Morgan fingerprint density at radius 1 is 1.38 bits per heavy atom. The van der Waals surface area contributed by atoms with Crippen LogP contribution >= 0.6 is 11.4 Å². The van der Waals surface area contributed by atoms with Crippen LogP contribution in [0.4, 0.5) is 0 Å². The minimum Gasteiger partial charge on any atom is -0.204 e. The van der Waals surface area contributed by atoms with Crippen LogP contribution in [0.3, 0.4) is 0 Å². The number of rotatable bonds is 4. The smallest absolute Gasteiger partial charge is 0.0148 e. The second kappa shape index (κ2) is 7.22. The summed E-state index contributed by atoms with van der Waals surface area (Å²) < 4.78 is 0. The Morgan fingerprint density at radius 2 is 2.12 bits per heavy atom. The SMILES string of the molecule is CCC=[SH]CCCC. The maximum atomic E-state index is 2.33. The van der Waals surface area contributed by atoms with E-state index in [0.29, 0.717) is 0 Å². The molecule has 8 heavy (non-hydrogen) atoms. The van der Waals surface area contributed by atoms with Gasteiger partial charge in [0.1, 0.15) is 0 Å². The van der Waals surface area contributed by atoms with E-state index in [0.717, 1.165) is 0 Å². The third kappa shape index (κ3) is 6.22. The molecule has 0 amide bonds. The zero-order valence-electron chi connectivity index (χ0n) is 5.85. The van der Waals surface area contributed by atoms with Crippen LogP contribution in [0.25, 0.3) is 0 Å². The molecule has 50 valence electrons. The molecule has 0 aliphatic rings. The summed E-state index contributed by atoms with van der Waals surface area (Å²) in [7, 11) is 0. The van der Waals surface area contributed by atoms with E-state index in [4.69, 9.17) is 0 Å². The van der Waals surface area contributed by atoms with Crippen molar-refractivity contribution in [2.45, 2.75) is 33.1 Å². The Labute approximate surface area is 56.3 Å². The van der Waals surface area contributed by atoms with Crippen LogP contribution in [0.2, 0.25) is 0 Å². The summed E-state index contributed by atoms with van der Waals surface area (Å²) in [5, 5.41) is 2.33. The molecule has 0 saturated heterocycles. The normalized spacial score (nSPS) is 11.8. The summed E-state index contributed by atoms with van der Waals surface area (Å²) in [6, 6.07) is 0. The maximum Gasteiger partial charge on any atom is -0.0148 e. The van der Waals surface area contributed by atoms with Crippen molar-refractivity contribution >= 4 is 16.7 Å². The van der Waals surface area contributed by atoms with Gasteiger partial charge in [-0.1, -0.05) is 25.6 Å². The van der Waals surface area contributed by atoms with Crippen molar-refractivity contribution in [3.63, 3.8) is 0 Å². The van der Waals surface area contributed by atoms with Gasteiger partial charge in [0.05, 0.1) is 0 Å². The maximum absolute atomic E-state index is 2.33. The van der Waals surface area contributed by atoms with Gasteiger partial charge in [0.25, 0.3) is 0 Å². The molecule has 0 unspecified atom stereocenters. The van der Waals surface area contributed by atoms with Gasteiger partial charge in [-0.25, -0.2) is 11.4 Å². The van der Waals surface area contributed by atoms with Crippen molar-refractivity contribution in [1.82, 2.24) is 0 Å². The van der Waals surface area contributed by atoms with Gasteiger partial charge in [0, 0.05) is 0 Å². The average Bonchev–Trinajstić information content (AvgIpc) is 1.81. The monoisotopic (exact) mass is 132 g/mol. The van der Waals surface area contributed by atoms with Gasteiger partial charge < -0.3 is 0 Å². The minimum absolute atomic E-state index is 1.23. The van der Waals surface area contributed by atoms with Crippen LogP contribution < -0.4 is 0 Å². The first-order chi connectivity index (χ1) is 3.91. The summed E-state index contributed by atoms with van der Waals surface area (Å²) in [6.45, 7) is 4.43. The van der Waals surface area contributed by atoms with E-state index >= 15 is 0 Å². The van der Waals surface area contributed by atoms with Crippen LogP contribution in [0.1, 0.15) is 33.1 Å². The summed E-state index contributed by atoms with van der Waals surface area (Å²) in [6.07, 6.45) is 3.95. The predicted octanol–water partition coefficient (Wildman–Crippen LogP) is 2.46. The van der Waals surface area contributed by atoms with E-state index in [9.17, 15) is 0 Å². The van der Waals surface area contributed by atoms with E-state index in [1.807, 2.05) is 0 Å². The fraction of sp³-hybridized carbons (Fsp3) is 0.857. The molecular formula is C7H16S. The van der Waals surface area contributed by atoms with Crippen LogP contribution in [0.5, 0.6) is 0 Å². The van der Waals surface area contributed by atoms with Gasteiger partial charge in [-0.2, -0.15) is 0 Å². The molecule has 0 fully saturated rings. The number of unbranched alkanes of at least 4 members (excludes halogenated alkanes) is 1. The number of hydrogen-bond acceptors (Lipinski definition) is 0. The number of thiol groups is 1. The quantitative estimate of drug-likeness (QED) is 0.339. The van der Waals surface area contributed by atoms with Crippen molar-refractivity contribution < 1.29 is 0 Å². The second-order valence-electron chi connectivity index (χ2n) is 1.85. The summed E-state index contributed by atoms with van der Waals surface area (Å²) >= 11 is 1.53. The standard InChI is InChI=1S/C7H16S/c1-3-5-7-8-6-4-2/h6,8H,3-5,7H2,1-2H3. The Balaban J connectivity index is 2.80. The first-order valence-electron chi connectivity index (χ1n) is 3.40. The largest absolute Gasteiger partial charge is 0.204 e. The lowest BCUT2D eigenvalue weighted by atomic mass is 10.4. The molecule has 0 aliphatic carbocycles. The molecular weight excluding hydrogens is 116 g/mol. The summed E-state index contributed by atoms with van der Waals surface area (Å²) in [5.74, 6) is 1.37. The molecule has 0 aromatic carbocycles. The molecule has 0 spiro atoms. The highest BCUT2D eigenvalue weighted by molar-refractivity contribution is 7.97. The topological polar surface area (TPSA) is 0 Å². The second-order valence-corrected chi connectivity index (χ2v) is 3.03. The van der Waals surface area contributed by atoms with E-state index in [2.05, 4.69) is 19.2 Å². The molecule has 0 aliphatic heterocycles. The van der Waals surface area contributed by atoms with Crippen LogP contribution in [-0.2, 0) is 0 Å². The molecule has 0 rings (SSSR count). The molecule has 0 atom stereocenters. The zero-order chi connectivity index (χ0) is 6.24. The van der Waals surface area contributed by atoms with Gasteiger partial charge >= 0.3 is 0 Å². The van der Waals surface area contributed by atoms with E-state index < -0.39 is 0 Å². The lowest BCUT2D eigenvalue weighted by Gasteiger charge is -1.86. The highest BCUT2D eigenvalue weighted by atomic mass is 32.1. The molecule has 0 aromatic heterocycles. The Kier molecular flexibility index (Phi) is 7.42. The molecule has 0 heterocycles. The van der Waals surface area contributed by atoms with Crippen LogP contribution in [0, 0.1) is 0 Å². The first-order valence-corrected chi connectivity index (χ1v) is 4.55. The van der Waals surface area contributed by atoms with Crippen LogP contribution in [0.15, 0.2) is 0 Å². The third-order valence-electron chi connectivity index (χ3n) is 0.952. The van der Waals surface area contributed by atoms with Crippen molar-refractivity contribution in [2.24, 2.45) is 0 Å². The van der Waals surface area contributed by atoms with Gasteiger partial charge in [0.15, 0.2) is 0 Å². The fourth-order valence-electron chi connectivity index (χ4n) is 0.470. The van der Waals surface area contributed by atoms with Crippen molar-refractivity contribution in [3.8, 4) is 0 Å². The number of hydrogen-bond donors (Lipinski definition) is 1. The molecule has 0 nitrogen and oxygen atoms in total. The first kappa shape index (κ1) is 8.22. The minimum atomic E-state index is 1.23. The third-order valence-corrected chi connectivity index (χ3v) is 2.15. The summed E-state index contributed by atoms with van der Waals surface area (Å²) in [5.41, 5.74) is 0. The van der Waals surface area contributed by atoms with Crippen molar-refractivity contribution in [2.75, 3.05) is 5.75 Å². The fourth-order valence-corrected chi connectivity index (χ4v) is 1.41. The lowest BCUT2D eigenvalue weighted by molar-refractivity contribution is 0.898. The van der Waals surface area contributed by atoms with E-state index in [1.165, 1.54) is 36.4 Å². The Hall–Kier alpha value is 0.220. The van der Waals surface area contributed by atoms with Crippen LogP contribution in [-0.4, -0.2) is 11.1 Å². The van der Waals surface area contributed by atoms with Gasteiger partial charge in [-0.15, -0.1) is 0 Å². The molecule has 0 saturated carbocycles. The van der Waals surface area contributed by atoms with E-state index in [1.54, 1.807) is 0 Å². The predicted molar refractivity (Wildman–Crippen MR) is 45.1 cm³/mol. The molecule has 1 heteroatoms. The molecule has 0 N–H and O–H groups in total. The zero-order valence-corrected chi connectivity index (χ0v) is 6.75. The highest BCUT2D eigenvalue weighted by Gasteiger charge is 1.73. The van der Waals surface area contributed by atoms with Gasteiger partial charge in [-0.05, 0) is 18.6 Å². The Morgan fingerprint density at radius 3 is 2.62 bits per heavy atom. The molecule has 0 radical (unpaired) electrons. The van der Waals surface area contributed by atoms with E-state index in [-0.39, 0.29) is 0 Å². The van der Waals surface area contributed by atoms with Crippen molar-refractivity contribution in [1.29, 1.82) is 0 Å². The molecule has 0 bridgehead atoms. The van der Waals surface area contributed by atoms with Gasteiger partial charge in [0.2, 0.25) is 0 Å². The van der Waals surface area contributed by atoms with Crippen molar-refractivity contribution in [3.05, 3.63) is 0 Å². The average molecular weight is 132 g/mol. The summed E-state index contributed by atoms with van der Waals surface area (Å²) in [4.78, 5) is 0. The Bertz CT molecular complexity index is 57.4. The molecule has 0 aromatic rings. The lowest BCUT2D eigenvalue weighted by Crippen LogP contribution is -1.72. The highest BCUT2D eigenvalue weighted by Crippen LogP contribution is 1.93.